The van der Waals surface area contributed by atoms with Crippen LogP contribution in [0.2, 0.25) is 5.02 Å². The quantitative estimate of drug-likeness (QED) is 0.112. The molecule has 3 aromatic carbocycles. The highest BCUT2D eigenvalue weighted by molar-refractivity contribution is 6.30. The molecule has 0 saturated carbocycles. The molecule has 0 saturated heterocycles. The zero-order valence-corrected chi connectivity index (χ0v) is 32.2. The van der Waals surface area contributed by atoms with Crippen molar-refractivity contribution in [3.63, 3.8) is 0 Å². The summed E-state index contributed by atoms with van der Waals surface area (Å²) in [5.41, 5.74) is 2.33. The fourth-order valence-corrected chi connectivity index (χ4v) is 6.39. The van der Waals surface area contributed by atoms with Gasteiger partial charge < -0.3 is 38.6 Å². The Labute approximate surface area is 316 Å². The molecule has 1 aliphatic heterocycles. The largest absolute Gasteiger partial charge is 0.495 e. The van der Waals surface area contributed by atoms with Crippen LogP contribution in [0.15, 0.2) is 54.6 Å². The molecule has 0 aliphatic carbocycles. The van der Waals surface area contributed by atoms with Crippen LogP contribution in [0.4, 0.5) is 11.4 Å². The monoisotopic (exact) mass is 752 g/mol. The first-order valence-electron chi connectivity index (χ1n) is 17.5. The van der Waals surface area contributed by atoms with Gasteiger partial charge in [-0.2, -0.15) is 0 Å². The minimum Gasteiger partial charge on any atom is -0.495 e. The maximum atomic E-state index is 14.6. The molecule has 1 N–H and O–H groups in total. The summed E-state index contributed by atoms with van der Waals surface area (Å²) in [7, 11) is 4.54. The summed E-state index contributed by atoms with van der Waals surface area (Å²) < 4.78 is 33.9. The number of hydrogen-bond donors (Lipinski definition) is 1. The van der Waals surface area contributed by atoms with Crippen molar-refractivity contribution in [1.29, 1.82) is 0 Å². The van der Waals surface area contributed by atoms with Crippen molar-refractivity contribution >= 4 is 46.7 Å². The molecule has 3 aromatic rings. The van der Waals surface area contributed by atoms with E-state index in [1.807, 2.05) is 32.0 Å². The molecule has 1 heterocycles. The number of esters is 2. The van der Waals surface area contributed by atoms with Crippen molar-refractivity contribution < 1.29 is 47.6 Å². The molecule has 0 aromatic heterocycles. The molecule has 0 radical (unpaired) electrons. The molecule has 0 unspecified atom stereocenters. The van der Waals surface area contributed by atoms with Gasteiger partial charge in [-0.05, 0) is 68.1 Å². The molecule has 53 heavy (non-hydrogen) atoms. The molecule has 0 spiro atoms. The Bertz CT molecular complexity index is 1780. The van der Waals surface area contributed by atoms with Gasteiger partial charge in [-0.15, -0.1) is 0 Å². The predicted molar refractivity (Wildman–Crippen MR) is 201 cm³/mol. The number of anilines is 2. The number of aryl methyl sites for hydroxylation is 1. The second-order valence-corrected chi connectivity index (χ2v) is 13.9. The fourth-order valence-electron chi connectivity index (χ4n) is 6.21. The van der Waals surface area contributed by atoms with Gasteiger partial charge in [0.1, 0.15) is 18.0 Å². The number of benzene rings is 3. The zero-order chi connectivity index (χ0) is 38.7. The number of methoxy groups -OCH3 is 3. The summed E-state index contributed by atoms with van der Waals surface area (Å²) >= 11 is 6.57. The minimum absolute atomic E-state index is 0.0488. The van der Waals surface area contributed by atoms with E-state index < -0.39 is 35.4 Å². The fraction of sp³-hybridized carbons (Fsp3) is 0.450. The van der Waals surface area contributed by atoms with Gasteiger partial charge in [0.25, 0.3) is 5.91 Å². The van der Waals surface area contributed by atoms with Crippen LogP contribution in [-0.2, 0) is 39.8 Å². The predicted octanol–water partition coefficient (Wildman–Crippen LogP) is 7.08. The number of rotatable bonds is 17. The van der Waals surface area contributed by atoms with Gasteiger partial charge >= 0.3 is 11.9 Å². The highest BCUT2D eigenvalue weighted by Gasteiger charge is 2.41. The van der Waals surface area contributed by atoms with Crippen molar-refractivity contribution in [3.05, 3.63) is 76.3 Å². The molecular weight excluding hydrogens is 704 g/mol. The molecule has 12 nitrogen and oxygen atoms in total. The Kier molecular flexibility index (Phi) is 14.5. The summed E-state index contributed by atoms with van der Waals surface area (Å²) in [4.78, 5) is 53.6. The summed E-state index contributed by atoms with van der Waals surface area (Å²) in [6.07, 6.45) is -0.134. The standard InChI is InChI=1S/C40H49ClN2O10/c1-8-51-36(46)15-10-9-12-26-16-19-32(48-5)30(20-26)42-35(45)22-34-39(47)43(23-40(3,4)24-52-25(2)44)31-18-17-27(41)21-29(31)37(53-34)28-13-11-14-33(49-6)38(28)50-7/h11,13-14,16-21,34,37H,8-10,12,15,22-24H2,1-7H3,(H,42,45)/t34-,37-/m1/s1. The van der Waals surface area contributed by atoms with E-state index >= 15 is 0 Å². The van der Waals surface area contributed by atoms with E-state index in [2.05, 4.69) is 5.32 Å². The number of halogens is 1. The third-order valence-corrected chi connectivity index (χ3v) is 8.92. The summed E-state index contributed by atoms with van der Waals surface area (Å²) in [6, 6.07) is 16.0. The maximum absolute atomic E-state index is 14.6. The Morgan fingerprint density at radius 2 is 1.68 bits per heavy atom. The number of fused-ring (bicyclic) bond motifs is 1. The van der Waals surface area contributed by atoms with E-state index in [0.29, 0.717) is 70.6 Å². The smallest absolute Gasteiger partial charge is 0.305 e. The first-order valence-corrected chi connectivity index (χ1v) is 17.9. The van der Waals surface area contributed by atoms with Crippen LogP contribution in [0.1, 0.15) is 76.2 Å². The van der Waals surface area contributed by atoms with E-state index in [4.69, 9.17) is 40.0 Å². The number of carbonyl (C=O) groups is 4. The van der Waals surface area contributed by atoms with E-state index in [1.54, 1.807) is 48.2 Å². The first kappa shape index (κ1) is 41.0. The molecule has 13 heteroatoms. The molecule has 0 fully saturated rings. The number of para-hydroxylation sites is 1. The summed E-state index contributed by atoms with van der Waals surface area (Å²) in [5.74, 6) is -0.325. The Hall–Kier alpha value is -4.81. The molecule has 4 rings (SSSR count). The zero-order valence-electron chi connectivity index (χ0n) is 31.4. The van der Waals surface area contributed by atoms with Crippen LogP contribution < -0.4 is 24.4 Å². The molecule has 0 bridgehead atoms. The Morgan fingerprint density at radius 1 is 0.925 bits per heavy atom. The third-order valence-electron chi connectivity index (χ3n) is 8.68. The van der Waals surface area contributed by atoms with Crippen LogP contribution in [0, 0.1) is 5.41 Å². The number of hydrogen-bond acceptors (Lipinski definition) is 10. The van der Waals surface area contributed by atoms with E-state index in [9.17, 15) is 19.2 Å². The summed E-state index contributed by atoms with van der Waals surface area (Å²) in [5, 5.41) is 3.34. The van der Waals surface area contributed by atoms with Crippen molar-refractivity contribution in [3.8, 4) is 17.2 Å². The van der Waals surface area contributed by atoms with E-state index in [0.717, 1.165) is 12.0 Å². The lowest BCUT2D eigenvalue weighted by atomic mass is 9.92. The average molecular weight is 753 g/mol. The van der Waals surface area contributed by atoms with Crippen LogP contribution in [0.25, 0.3) is 0 Å². The van der Waals surface area contributed by atoms with Crippen LogP contribution in [0.3, 0.4) is 0 Å². The number of carbonyl (C=O) groups excluding carboxylic acids is 4. The number of unbranched alkanes of at least 4 members (excludes halogenated alkanes) is 1. The minimum atomic E-state index is -1.27. The highest BCUT2D eigenvalue weighted by Crippen LogP contribution is 2.46. The SMILES string of the molecule is CCOC(=O)CCCCc1ccc(OC)c(NC(=O)C[C@H]2O[C@H](c3cccc(OC)c3OC)c3cc(Cl)ccc3N(CC(C)(C)COC(C)=O)C2=O)c1. The van der Waals surface area contributed by atoms with Crippen molar-refractivity contribution in [1.82, 2.24) is 0 Å². The number of amides is 2. The lowest BCUT2D eigenvalue weighted by Gasteiger charge is -2.33. The molecular formula is C40H49ClN2O10. The van der Waals surface area contributed by atoms with Gasteiger partial charge in [-0.25, -0.2) is 0 Å². The average Bonchev–Trinajstić information content (AvgIpc) is 3.22. The third kappa shape index (κ3) is 10.9. The van der Waals surface area contributed by atoms with E-state index in [1.165, 1.54) is 28.3 Å². The normalized spacial score (nSPS) is 15.5. The number of ether oxygens (including phenoxy) is 6. The molecule has 286 valence electrons. The van der Waals surface area contributed by atoms with Crippen molar-refractivity contribution in [2.24, 2.45) is 5.41 Å². The van der Waals surface area contributed by atoms with Crippen molar-refractivity contribution in [2.45, 2.75) is 72.0 Å². The van der Waals surface area contributed by atoms with Crippen molar-refractivity contribution in [2.75, 3.05) is 51.3 Å². The maximum Gasteiger partial charge on any atom is 0.305 e. The number of nitrogens with zero attached hydrogens (tertiary/aromatic N) is 1. The second-order valence-electron chi connectivity index (χ2n) is 13.5. The second kappa shape index (κ2) is 18.8. The lowest BCUT2D eigenvalue weighted by Crippen LogP contribution is -2.46. The summed E-state index contributed by atoms with van der Waals surface area (Å²) in [6.45, 7) is 7.39. The van der Waals surface area contributed by atoms with Crippen LogP contribution in [0.5, 0.6) is 17.2 Å². The molecule has 2 amide bonds. The van der Waals surface area contributed by atoms with Gasteiger partial charge in [0.15, 0.2) is 11.5 Å². The van der Waals surface area contributed by atoms with E-state index in [-0.39, 0.29) is 25.5 Å². The topological polar surface area (TPSA) is 139 Å². The van der Waals surface area contributed by atoms with Crippen LogP contribution in [-0.4, -0.2) is 70.9 Å². The highest BCUT2D eigenvalue weighted by atomic mass is 35.5. The van der Waals surface area contributed by atoms with Gasteiger partial charge in [-0.1, -0.05) is 43.6 Å². The van der Waals surface area contributed by atoms with Crippen LogP contribution >= 0.6 is 11.6 Å². The first-order chi connectivity index (χ1) is 25.3. The van der Waals surface area contributed by atoms with Gasteiger partial charge in [0.05, 0.1) is 46.7 Å². The Balaban J connectivity index is 1.69. The molecule has 2 atom stereocenters. The Morgan fingerprint density at radius 3 is 2.36 bits per heavy atom. The number of nitrogens with one attached hydrogen (secondary N) is 1. The lowest BCUT2D eigenvalue weighted by molar-refractivity contribution is -0.144. The van der Waals surface area contributed by atoms with Gasteiger partial charge in [0.2, 0.25) is 5.91 Å². The van der Waals surface area contributed by atoms with Gasteiger partial charge in [-0.3, -0.25) is 19.2 Å². The van der Waals surface area contributed by atoms with Gasteiger partial charge in [0, 0.05) is 47.1 Å². The molecule has 1 aliphatic rings.